The smallest absolute Gasteiger partial charge is 0.246 e. The maximum atomic E-state index is 13.9. The van der Waals surface area contributed by atoms with Gasteiger partial charge in [0, 0.05) is 19.1 Å². The van der Waals surface area contributed by atoms with Crippen LogP contribution in [0.4, 0.5) is 0 Å². The highest BCUT2D eigenvalue weighted by Gasteiger charge is 2.46. The molecule has 0 bridgehead atoms. The van der Waals surface area contributed by atoms with Crippen LogP contribution in [0.15, 0.2) is 29.8 Å². The van der Waals surface area contributed by atoms with Crippen molar-refractivity contribution in [2.24, 2.45) is 17.3 Å². The molecule has 2 amide bonds. The normalized spacial score (nSPS) is 18.4. The van der Waals surface area contributed by atoms with Gasteiger partial charge >= 0.3 is 0 Å². The van der Waals surface area contributed by atoms with Gasteiger partial charge in [0.1, 0.15) is 6.61 Å². The molecule has 0 spiro atoms. The van der Waals surface area contributed by atoms with Gasteiger partial charge in [0.05, 0.1) is 87.0 Å². The first-order chi connectivity index (χ1) is 23.5. The lowest BCUT2D eigenvalue weighted by Crippen LogP contribution is -2.53. The number of ketones is 1. The molecule has 1 aliphatic rings. The first kappa shape index (κ1) is 40.6. The summed E-state index contributed by atoms with van der Waals surface area (Å²) in [6, 6.07) is 7.06. The number of hydrogen-bond acceptors (Lipinski definition) is 11. The molecule has 0 saturated heterocycles. The zero-order chi connectivity index (χ0) is 35.6. The number of carbonyl (C=O) groups is 3. The van der Waals surface area contributed by atoms with Crippen LogP contribution in [-0.4, -0.2) is 106 Å². The van der Waals surface area contributed by atoms with Crippen molar-refractivity contribution in [1.82, 2.24) is 15.6 Å². The minimum absolute atomic E-state index is 0.168. The minimum atomic E-state index is -0.863. The number of aliphatic hydroxyl groups excluding tert-OH is 1. The number of hydrogen-bond donors (Lipinski definition) is 3. The average molecular weight is 706 g/mol. The van der Waals surface area contributed by atoms with Gasteiger partial charge in [-0.25, -0.2) is 4.98 Å². The van der Waals surface area contributed by atoms with Crippen LogP contribution >= 0.6 is 11.3 Å². The molecule has 1 saturated carbocycles. The van der Waals surface area contributed by atoms with Crippen molar-refractivity contribution in [2.75, 3.05) is 66.1 Å². The predicted molar refractivity (Wildman–Crippen MR) is 187 cm³/mol. The number of carbonyl (C=O) groups excluding carboxylic acids is 3. The number of nitrogens with one attached hydrogen (secondary N) is 2. The Labute approximate surface area is 294 Å². The van der Waals surface area contributed by atoms with Gasteiger partial charge in [-0.1, -0.05) is 52.0 Å². The van der Waals surface area contributed by atoms with Crippen LogP contribution in [0.25, 0.3) is 10.4 Å². The Bertz CT molecular complexity index is 1280. The van der Waals surface area contributed by atoms with Crippen LogP contribution in [0.1, 0.15) is 58.2 Å². The van der Waals surface area contributed by atoms with E-state index in [9.17, 15) is 19.5 Å². The van der Waals surface area contributed by atoms with Crippen LogP contribution in [0, 0.1) is 24.2 Å². The first-order valence-electron chi connectivity index (χ1n) is 17.2. The number of aryl methyl sites for hydroxylation is 1. The minimum Gasteiger partial charge on any atom is -0.393 e. The first-order valence-corrected chi connectivity index (χ1v) is 18.1. The van der Waals surface area contributed by atoms with Crippen molar-refractivity contribution in [3.63, 3.8) is 0 Å². The van der Waals surface area contributed by atoms with E-state index in [1.807, 2.05) is 57.5 Å². The molecule has 1 aliphatic carbocycles. The van der Waals surface area contributed by atoms with Crippen molar-refractivity contribution in [3.05, 3.63) is 41.0 Å². The molecule has 1 aromatic carbocycles. The van der Waals surface area contributed by atoms with E-state index in [4.69, 9.17) is 23.7 Å². The molecule has 1 aromatic heterocycles. The summed E-state index contributed by atoms with van der Waals surface area (Å²) in [5.74, 6) is -2.41. The second-order valence-electron chi connectivity index (χ2n) is 13.3. The van der Waals surface area contributed by atoms with E-state index in [-0.39, 0.29) is 44.4 Å². The number of nitrogens with zero attached hydrogens (tertiary/aromatic N) is 1. The summed E-state index contributed by atoms with van der Waals surface area (Å²) in [6.07, 6.45) is 0.567. The average Bonchev–Trinajstić information content (AvgIpc) is 3.68. The third-order valence-electron chi connectivity index (χ3n) is 8.19. The molecule has 4 atom stereocenters. The quantitative estimate of drug-likeness (QED) is 0.146. The van der Waals surface area contributed by atoms with E-state index in [1.165, 1.54) is 0 Å². The van der Waals surface area contributed by atoms with Gasteiger partial charge in [0.25, 0.3) is 0 Å². The Balaban J connectivity index is 1.38. The molecule has 13 heteroatoms. The van der Waals surface area contributed by atoms with Gasteiger partial charge in [-0.05, 0) is 42.7 Å². The molecule has 1 fully saturated rings. The molecule has 3 rings (SSSR count). The number of thiazole rings is 1. The standard InChI is InChI=1S/C36H55N3O9S/c1-6-11-44-12-13-45-14-15-46-16-17-47-18-19-48-23-31(41)39-34(36(3,4)5)32(42)29-20-28(40)21-30(29)35(43)37-22-26-7-9-27(10-8-26)33-25(2)38-24-49-33/h7-10,24,28-30,34,40H,6,11-23H2,1-5H3,(H,37,43)(H,39,41)/t28-,29?,30+,34+/m0/s1. The molecule has 2 aromatic rings. The summed E-state index contributed by atoms with van der Waals surface area (Å²) in [4.78, 5) is 45.4. The topological polar surface area (TPSA) is 155 Å². The molecule has 1 unspecified atom stereocenters. The number of amides is 2. The summed E-state index contributed by atoms with van der Waals surface area (Å²) >= 11 is 1.58. The Morgan fingerprint density at radius 2 is 1.43 bits per heavy atom. The zero-order valence-corrected chi connectivity index (χ0v) is 30.5. The fourth-order valence-corrected chi connectivity index (χ4v) is 6.42. The third-order valence-corrected chi connectivity index (χ3v) is 9.17. The van der Waals surface area contributed by atoms with Gasteiger partial charge in [-0.15, -0.1) is 11.3 Å². The largest absolute Gasteiger partial charge is 0.393 e. The fraction of sp³-hybridized carbons (Fsp3) is 0.667. The van der Waals surface area contributed by atoms with E-state index in [2.05, 4.69) is 22.5 Å². The molecule has 1 heterocycles. The highest BCUT2D eigenvalue weighted by Crippen LogP contribution is 2.36. The van der Waals surface area contributed by atoms with Gasteiger partial charge in [-0.2, -0.15) is 0 Å². The van der Waals surface area contributed by atoms with Crippen LogP contribution in [0.5, 0.6) is 0 Å². The van der Waals surface area contributed by atoms with Crippen LogP contribution in [0.2, 0.25) is 0 Å². The number of Topliss-reactive ketones (excluding diaryl/α,β-unsaturated/α-hetero) is 1. The summed E-state index contributed by atoms with van der Waals surface area (Å²) in [5, 5.41) is 16.3. The van der Waals surface area contributed by atoms with E-state index in [0.717, 1.165) is 34.7 Å². The van der Waals surface area contributed by atoms with Crippen LogP contribution in [0.3, 0.4) is 0 Å². The predicted octanol–water partition coefficient (Wildman–Crippen LogP) is 3.71. The maximum Gasteiger partial charge on any atom is 0.246 e. The Morgan fingerprint density at radius 1 is 0.878 bits per heavy atom. The van der Waals surface area contributed by atoms with Gasteiger partial charge in [0.15, 0.2) is 5.78 Å². The van der Waals surface area contributed by atoms with Crippen molar-refractivity contribution in [2.45, 2.75) is 72.6 Å². The molecule has 49 heavy (non-hydrogen) atoms. The molecule has 0 radical (unpaired) electrons. The van der Waals surface area contributed by atoms with Gasteiger partial charge in [-0.3, -0.25) is 14.4 Å². The summed E-state index contributed by atoms with van der Waals surface area (Å²) in [7, 11) is 0. The van der Waals surface area contributed by atoms with Crippen molar-refractivity contribution < 1.29 is 43.2 Å². The summed E-state index contributed by atoms with van der Waals surface area (Å²) in [5.41, 5.74) is 4.15. The molecule has 274 valence electrons. The van der Waals surface area contributed by atoms with Crippen molar-refractivity contribution >= 4 is 28.9 Å². The maximum absolute atomic E-state index is 13.9. The Morgan fingerprint density at radius 3 is 1.96 bits per heavy atom. The SMILES string of the molecule is CCCOCCOCCOCCOCCOCC(=O)N[C@H](C(=O)C1C[C@H](O)C[C@H]1C(=O)NCc1ccc(-c2scnc2C)cc1)C(C)(C)C. The molecule has 3 N–H and O–H groups in total. The second-order valence-corrected chi connectivity index (χ2v) is 14.1. The number of rotatable bonds is 23. The van der Waals surface area contributed by atoms with E-state index in [0.29, 0.717) is 46.2 Å². The van der Waals surface area contributed by atoms with Crippen molar-refractivity contribution in [3.8, 4) is 10.4 Å². The zero-order valence-electron chi connectivity index (χ0n) is 29.7. The monoisotopic (exact) mass is 705 g/mol. The third kappa shape index (κ3) is 14.2. The lowest BCUT2D eigenvalue weighted by molar-refractivity contribution is -0.138. The molecule has 0 aliphatic heterocycles. The Kier molecular flexibility index (Phi) is 17.8. The summed E-state index contributed by atoms with van der Waals surface area (Å²) in [6.45, 7) is 13.8. The summed E-state index contributed by atoms with van der Waals surface area (Å²) < 4.78 is 27.2. The highest BCUT2D eigenvalue weighted by molar-refractivity contribution is 7.13. The number of benzene rings is 1. The van der Waals surface area contributed by atoms with E-state index >= 15 is 0 Å². The van der Waals surface area contributed by atoms with Gasteiger partial charge < -0.3 is 39.4 Å². The Hall–Kier alpha value is -2.78. The number of aliphatic hydroxyl groups is 1. The number of ether oxygens (including phenoxy) is 5. The second kappa shape index (κ2) is 21.4. The van der Waals surface area contributed by atoms with Crippen LogP contribution < -0.4 is 10.6 Å². The molecular weight excluding hydrogens is 650 g/mol. The fourth-order valence-electron chi connectivity index (χ4n) is 5.61. The lowest BCUT2D eigenvalue weighted by Gasteiger charge is -2.33. The highest BCUT2D eigenvalue weighted by atomic mass is 32.1. The molecular formula is C36H55N3O9S. The van der Waals surface area contributed by atoms with Crippen molar-refractivity contribution in [1.29, 1.82) is 0 Å². The van der Waals surface area contributed by atoms with Crippen LogP contribution in [-0.2, 0) is 44.6 Å². The number of aromatic nitrogens is 1. The lowest BCUT2D eigenvalue weighted by atomic mass is 9.77. The van der Waals surface area contributed by atoms with E-state index < -0.39 is 35.3 Å². The van der Waals surface area contributed by atoms with Gasteiger partial charge in [0.2, 0.25) is 11.8 Å². The van der Waals surface area contributed by atoms with E-state index in [1.54, 1.807) is 11.3 Å². The molecule has 12 nitrogen and oxygen atoms in total.